The second kappa shape index (κ2) is 6.95. The first-order valence-corrected chi connectivity index (χ1v) is 11.3. The van der Waals surface area contributed by atoms with Crippen molar-refractivity contribution in [1.29, 1.82) is 0 Å². The van der Waals surface area contributed by atoms with Gasteiger partial charge in [0.1, 0.15) is 5.52 Å². The molecule has 1 aliphatic rings. The van der Waals surface area contributed by atoms with Gasteiger partial charge in [0.25, 0.3) is 0 Å². The van der Waals surface area contributed by atoms with Crippen LogP contribution in [0.1, 0.15) is 48.0 Å². The molecule has 28 heavy (non-hydrogen) atoms. The summed E-state index contributed by atoms with van der Waals surface area (Å²) in [6.07, 6.45) is 5.91. The lowest BCUT2D eigenvalue weighted by Crippen LogP contribution is -2.16. The van der Waals surface area contributed by atoms with Crippen LogP contribution in [0.15, 0.2) is 29.3 Å². The smallest absolute Gasteiger partial charge is 0.175 e. The molecule has 1 fully saturated rings. The summed E-state index contributed by atoms with van der Waals surface area (Å²) in [5.74, 6) is 0.461. The fraction of sp³-hybridized carbons (Fsp3) is 0.400. The van der Waals surface area contributed by atoms with Gasteiger partial charge in [-0.25, -0.2) is 8.42 Å². The zero-order valence-corrected chi connectivity index (χ0v) is 16.9. The molecule has 0 radical (unpaired) electrons. The van der Waals surface area contributed by atoms with Crippen molar-refractivity contribution in [2.24, 2.45) is 11.5 Å². The summed E-state index contributed by atoms with van der Waals surface area (Å²) in [7, 11) is -3.27. The van der Waals surface area contributed by atoms with Crippen LogP contribution in [0.3, 0.4) is 0 Å². The van der Waals surface area contributed by atoms with Crippen LogP contribution in [-0.4, -0.2) is 36.4 Å². The molecule has 1 aromatic carbocycles. The molecule has 2 aromatic heterocycles. The highest BCUT2D eigenvalue weighted by Crippen LogP contribution is 2.45. The third-order valence-corrected chi connectivity index (χ3v) is 6.60. The van der Waals surface area contributed by atoms with Crippen molar-refractivity contribution >= 4 is 20.7 Å². The molecule has 1 unspecified atom stereocenters. The van der Waals surface area contributed by atoms with Gasteiger partial charge in [-0.2, -0.15) is 5.10 Å². The van der Waals surface area contributed by atoms with E-state index >= 15 is 0 Å². The predicted molar refractivity (Wildman–Crippen MR) is 110 cm³/mol. The van der Waals surface area contributed by atoms with Crippen LogP contribution in [0, 0.1) is 6.92 Å². The molecule has 1 saturated carbocycles. The van der Waals surface area contributed by atoms with Crippen molar-refractivity contribution in [3.05, 3.63) is 41.2 Å². The minimum absolute atomic E-state index is 0.223. The maximum Gasteiger partial charge on any atom is 0.175 e. The van der Waals surface area contributed by atoms with Crippen LogP contribution in [0.25, 0.3) is 22.2 Å². The molecule has 4 rings (SSSR count). The molecule has 0 spiro atoms. The molecular formula is C20H25N5O2S. The van der Waals surface area contributed by atoms with E-state index in [9.17, 15) is 8.42 Å². The Hall–Kier alpha value is -2.29. The lowest BCUT2D eigenvalue weighted by Gasteiger charge is -2.14. The van der Waals surface area contributed by atoms with Crippen molar-refractivity contribution in [3.63, 3.8) is 0 Å². The Kier molecular flexibility index (Phi) is 4.73. The largest absolute Gasteiger partial charge is 0.330 e. The van der Waals surface area contributed by atoms with Gasteiger partial charge in [-0.1, -0.05) is 6.07 Å². The Morgan fingerprint density at radius 2 is 2.07 bits per heavy atom. The van der Waals surface area contributed by atoms with E-state index in [0.29, 0.717) is 29.3 Å². The molecule has 0 bridgehead atoms. The fourth-order valence-corrected chi connectivity index (χ4v) is 4.73. The molecule has 148 valence electrons. The highest BCUT2D eigenvalue weighted by Gasteiger charge is 2.30. The van der Waals surface area contributed by atoms with Crippen LogP contribution >= 0.6 is 0 Å². The van der Waals surface area contributed by atoms with E-state index < -0.39 is 9.84 Å². The van der Waals surface area contributed by atoms with Crippen LogP contribution in [-0.2, 0) is 9.84 Å². The minimum Gasteiger partial charge on any atom is -0.330 e. The number of aromatic nitrogens is 3. The number of nitrogens with two attached hydrogens (primary N) is 2. The molecule has 8 heteroatoms. The summed E-state index contributed by atoms with van der Waals surface area (Å²) in [5, 5.41) is 8.75. The van der Waals surface area contributed by atoms with Gasteiger partial charge in [-0.15, -0.1) is 0 Å². The Bertz CT molecular complexity index is 1150. The van der Waals surface area contributed by atoms with Gasteiger partial charge in [-0.3, -0.25) is 10.1 Å². The molecule has 0 amide bonds. The topological polar surface area (TPSA) is 128 Å². The van der Waals surface area contributed by atoms with Crippen molar-refractivity contribution in [1.82, 2.24) is 15.2 Å². The Morgan fingerprint density at radius 3 is 2.68 bits per heavy atom. The van der Waals surface area contributed by atoms with Gasteiger partial charge < -0.3 is 11.5 Å². The van der Waals surface area contributed by atoms with Crippen LogP contribution in [0.4, 0.5) is 0 Å². The van der Waals surface area contributed by atoms with Crippen molar-refractivity contribution in [3.8, 4) is 11.3 Å². The van der Waals surface area contributed by atoms with E-state index in [0.717, 1.165) is 46.3 Å². The number of benzene rings is 1. The summed E-state index contributed by atoms with van der Waals surface area (Å²) in [4.78, 5) is 5.06. The number of pyridine rings is 1. The monoisotopic (exact) mass is 399 g/mol. The molecule has 0 saturated heterocycles. The highest BCUT2D eigenvalue weighted by atomic mass is 32.2. The van der Waals surface area contributed by atoms with Gasteiger partial charge in [0.15, 0.2) is 9.84 Å². The summed E-state index contributed by atoms with van der Waals surface area (Å²) >= 11 is 0. The fourth-order valence-electron chi connectivity index (χ4n) is 3.77. The van der Waals surface area contributed by atoms with E-state index in [1.165, 1.54) is 6.26 Å². The first-order valence-electron chi connectivity index (χ1n) is 9.45. The number of rotatable bonds is 6. The number of nitrogens with zero attached hydrogens (tertiary/aromatic N) is 2. The Morgan fingerprint density at radius 1 is 1.32 bits per heavy atom. The number of aryl methyl sites for hydroxylation is 1. The summed E-state index contributed by atoms with van der Waals surface area (Å²) in [6, 6.07) is 5.12. The summed E-state index contributed by atoms with van der Waals surface area (Å²) in [5.41, 5.74) is 17.2. The van der Waals surface area contributed by atoms with E-state index in [2.05, 4.69) is 10.2 Å². The third kappa shape index (κ3) is 3.32. The van der Waals surface area contributed by atoms with Crippen molar-refractivity contribution in [2.45, 2.75) is 43.0 Å². The van der Waals surface area contributed by atoms with Gasteiger partial charge >= 0.3 is 0 Å². The van der Waals surface area contributed by atoms with Gasteiger partial charge in [0.2, 0.25) is 0 Å². The molecular weight excluding hydrogens is 374 g/mol. The van der Waals surface area contributed by atoms with E-state index in [1.807, 2.05) is 12.1 Å². The van der Waals surface area contributed by atoms with E-state index in [-0.39, 0.29) is 6.04 Å². The Labute approximate surface area is 164 Å². The first-order chi connectivity index (χ1) is 13.3. The highest BCUT2D eigenvalue weighted by molar-refractivity contribution is 7.90. The zero-order valence-electron chi connectivity index (χ0n) is 16.1. The number of sulfone groups is 1. The molecule has 7 nitrogen and oxygen atoms in total. The number of nitrogens with one attached hydrogen (secondary N) is 1. The summed E-state index contributed by atoms with van der Waals surface area (Å²) in [6.45, 7) is 2.30. The molecule has 1 atom stereocenters. The molecule has 2 heterocycles. The normalized spacial score (nSPS) is 15.9. The number of H-pyrrole nitrogens is 1. The second-order valence-corrected chi connectivity index (χ2v) is 9.62. The zero-order chi connectivity index (χ0) is 20.1. The number of hydrogen-bond acceptors (Lipinski definition) is 6. The Balaban J connectivity index is 1.91. The predicted octanol–water partition coefficient (Wildman–Crippen LogP) is 2.56. The second-order valence-electron chi connectivity index (χ2n) is 7.63. The number of aromatic amines is 1. The maximum atomic E-state index is 12.0. The van der Waals surface area contributed by atoms with Crippen LogP contribution in [0.5, 0.6) is 0 Å². The lowest BCUT2D eigenvalue weighted by atomic mass is 9.98. The SMILES string of the molecule is Cc1cc(-c2ncc(C(N)CCN)c3n[nH]c(C4CC4)c23)ccc1S(C)(=O)=O. The van der Waals surface area contributed by atoms with Crippen LogP contribution in [0.2, 0.25) is 0 Å². The number of hydrogen-bond donors (Lipinski definition) is 3. The van der Waals surface area contributed by atoms with Gasteiger partial charge in [0, 0.05) is 46.6 Å². The van der Waals surface area contributed by atoms with E-state index in [4.69, 9.17) is 16.5 Å². The molecule has 3 aromatic rings. The average molecular weight is 400 g/mol. The number of fused-ring (bicyclic) bond motifs is 1. The van der Waals surface area contributed by atoms with Gasteiger partial charge in [-0.05, 0) is 50.4 Å². The maximum absolute atomic E-state index is 12.0. The minimum atomic E-state index is -3.27. The summed E-state index contributed by atoms with van der Waals surface area (Å²) < 4.78 is 23.9. The third-order valence-electron chi connectivity index (χ3n) is 5.35. The molecule has 5 N–H and O–H groups in total. The molecule has 0 aliphatic heterocycles. The van der Waals surface area contributed by atoms with Crippen molar-refractivity contribution < 1.29 is 8.42 Å². The van der Waals surface area contributed by atoms with Gasteiger partial charge in [0.05, 0.1) is 10.6 Å². The van der Waals surface area contributed by atoms with E-state index in [1.54, 1.807) is 19.2 Å². The van der Waals surface area contributed by atoms with Crippen molar-refractivity contribution in [2.75, 3.05) is 12.8 Å². The molecule has 1 aliphatic carbocycles. The standard InChI is InChI=1S/C20H25N5O2S/c1-11-9-13(5-6-16(11)28(2,26)27)18-17-19(12-3-4-12)24-25-20(17)14(10-23-18)15(22)7-8-21/h5-6,9-10,12,15H,3-4,7-8,21-22H2,1-2H3,(H,24,25). The first kappa shape index (κ1) is 19.0. The lowest BCUT2D eigenvalue weighted by molar-refractivity contribution is 0.601. The quantitative estimate of drug-likeness (QED) is 0.584. The van der Waals surface area contributed by atoms with Crippen LogP contribution < -0.4 is 11.5 Å². The average Bonchev–Trinajstić information content (AvgIpc) is 3.38.